The number of ether oxygens (including phenoxy) is 1. The smallest absolute Gasteiger partial charge is 0.247 e. The summed E-state index contributed by atoms with van der Waals surface area (Å²) in [7, 11) is -6.97. The number of aliphatic hydroxyl groups excluding tert-OH is 1. The lowest BCUT2D eigenvalue weighted by Gasteiger charge is -2.37. The third kappa shape index (κ3) is 6.22. The van der Waals surface area contributed by atoms with Crippen LogP contribution in [-0.4, -0.2) is 69.4 Å². The SMILES string of the molecule is C[C@@H]1CN([C@@H](C)CO)S(=O)(=O)c2ccc(C#Cc3ccccc3)cc2O[C@H]1CN(C)S(=O)(=O)c1ccccc1F. The van der Waals surface area contributed by atoms with Crippen LogP contribution in [0.4, 0.5) is 4.39 Å². The summed E-state index contributed by atoms with van der Waals surface area (Å²) in [6.45, 7) is 2.71. The molecule has 1 N–H and O–H groups in total. The van der Waals surface area contributed by atoms with Crippen LogP contribution < -0.4 is 4.74 Å². The van der Waals surface area contributed by atoms with Gasteiger partial charge in [-0.25, -0.2) is 21.2 Å². The number of fused-ring (bicyclic) bond motifs is 1. The summed E-state index contributed by atoms with van der Waals surface area (Å²) in [6.07, 6.45) is -0.813. The van der Waals surface area contributed by atoms with Crippen LogP contribution in [-0.2, 0) is 20.0 Å². The summed E-state index contributed by atoms with van der Waals surface area (Å²) >= 11 is 0. The second-order valence-corrected chi connectivity index (χ2v) is 13.6. The molecule has 0 saturated carbocycles. The molecule has 11 heteroatoms. The summed E-state index contributed by atoms with van der Waals surface area (Å²) in [4.78, 5) is -0.581. The minimum absolute atomic E-state index is 0.0169. The molecule has 0 amide bonds. The second kappa shape index (κ2) is 12.1. The Kier molecular flexibility index (Phi) is 8.97. The molecule has 212 valence electrons. The van der Waals surface area contributed by atoms with Crippen LogP contribution >= 0.6 is 0 Å². The summed E-state index contributed by atoms with van der Waals surface area (Å²) < 4.78 is 76.6. The highest BCUT2D eigenvalue weighted by molar-refractivity contribution is 7.89. The standard InChI is InChI=1S/C29H31FN2O6S2/c1-21-18-32(22(2)20-33)40(36,37)29-16-15-24(14-13-23-9-5-4-6-10-23)17-26(29)38-27(21)19-31(3)39(34,35)28-12-8-7-11-25(28)30/h4-12,15-17,21-22,27,33H,18-20H2,1-3H3/t21-,22+,27+/m1/s1. The van der Waals surface area contributed by atoms with Gasteiger partial charge in [0.1, 0.15) is 27.5 Å². The fourth-order valence-corrected chi connectivity index (χ4v) is 7.43. The summed E-state index contributed by atoms with van der Waals surface area (Å²) in [5, 5.41) is 9.83. The fraction of sp³-hybridized carbons (Fsp3) is 0.310. The van der Waals surface area contributed by atoms with E-state index in [1.807, 2.05) is 30.3 Å². The van der Waals surface area contributed by atoms with Crippen molar-refractivity contribution in [2.45, 2.75) is 35.8 Å². The topological polar surface area (TPSA) is 104 Å². The Labute approximate surface area is 235 Å². The van der Waals surface area contributed by atoms with Gasteiger partial charge in [-0.1, -0.05) is 49.1 Å². The lowest BCUT2D eigenvalue weighted by Crippen LogP contribution is -2.50. The second-order valence-electron chi connectivity index (χ2n) is 9.73. The number of aliphatic hydroxyl groups is 1. The Balaban J connectivity index is 1.75. The maximum Gasteiger partial charge on any atom is 0.247 e. The molecule has 0 bridgehead atoms. The largest absolute Gasteiger partial charge is 0.487 e. The molecule has 4 rings (SSSR count). The lowest BCUT2D eigenvalue weighted by molar-refractivity contribution is 0.0904. The zero-order chi connectivity index (χ0) is 29.1. The molecule has 0 aliphatic carbocycles. The molecule has 1 heterocycles. The first kappa shape index (κ1) is 29.7. The molecule has 3 atom stereocenters. The highest BCUT2D eigenvalue weighted by Gasteiger charge is 2.39. The Bertz CT molecular complexity index is 1640. The van der Waals surface area contributed by atoms with Gasteiger partial charge in [-0.15, -0.1) is 0 Å². The van der Waals surface area contributed by atoms with Crippen molar-refractivity contribution in [3.05, 3.63) is 89.7 Å². The van der Waals surface area contributed by atoms with Crippen LogP contribution in [0.15, 0.2) is 82.6 Å². The molecular weight excluding hydrogens is 555 g/mol. The maximum absolute atomic E-state index is 14.4. The van der Waals surface area contributed by atoms with E-state index in [1.165, 1.54) is 41.7 Å². The van der Waals surface area contributed by atoms with Gasteiger partial charge in [0, 0.05) is 36.7 Å². The summed E-state index contributed by atoms with van der Waals surface area (Å²) in [5.41, 5.74) is 1.27. The monoisotopic (exact) mass is 586 g/mol. The minimum Gasteiger partial charge on any atom is -0.487 e. The number of nitrogens with zero attached hydrogens (tertiary/aromatic N) is 2. The number of halogens is 1. The fourth-order valence-electron chi connectivity index (χ4n) is 4.36. The molecule has 0 unspecified atom stereocenters. The van der Waals surface area contributed by atoms with Gasteiger partial charge in [-0.3, -0.25) is 0 Å². The molecule has 8 nitrogen and oxygen atoms in total. The van der Waals surface area contributed by atoms with Crippen LogP contribution in [0.3, 0.4) is 0 Å². The molecule has 0 spiro atoms. The number of likely N-dealkylation sites (N-methyl/N-ethyl adjacent to an activating group) is 1. The van der Waals surface area contributed by atoms with Crippen molar-refractivity contribution in [2.75, 3.05) is 26.7 Å². The van der Waals surface area contributed by atoms with Gasteiger partial charge in [0.25, 0.3) is 0 Å². The normalized spacial score (nSPS) is 19.9. The first-order chi connectivity index (χ1) is 18.9. The lowest BCUT2D eigenvalue weighted by atomic mass is 10.0. The van der Waals surface area contributed by atoms with Gasteiger partial charge in [0.05, 0.1) is 13.2 Å². The molecule has 1 aliphatic heterocycles. The molecule has 0 saturated heterocycles. The van der Waals surface area contributed by atoms with E-state index in [0.29, 0.717) is 5.56 Å². The van der Waals surface area contributed by atoms with Crippen molar-refractivity contribution < 1.29 is 31.1 Å². The zero-order valence-corrected chi connectivity index (χ0v) is 24.0. The van der Waals surface area contributed by atoms with Gasteiger partial charge < -0.3 is 9.84 Å². The summed E-state index contributed by atoms with van der Waals surface area (Å²) in [5.74, 6) is 4.68. The molecule has 40 heavy (non-hydrogen) atoms. The predicted octanol–water partition coefficient (Wildman–Crippen LogP) is 3.31. The minimum atomic E-state index is -4.21. The third-order valence-electron chi connectivity index (χ3n) is 6.75. The van der Waals surface area contributed by atoms with Crippen molar-refractivity contribution in [1.29, 1.82) is 0 Å². The van der Waals surface area contributed by atoms with Crippen LogP contribution in [0, 0.1) is 23.6 Å². The molecule has 0 radical (unpaired) electrons. The van der Waals surface area contributed by atoms with Crippen molar-refractivity contribution in [3.8, 4) is 17.6 Å². The van der Waals surface area contributed by atoms with E-state index >= 15 is 0 Å². The molecule has 3 aromatic rings. The average Bonchev–Trinajstić information content (AvgIpc) is 2.93. The number of hydrogen-bond donors (Lipinski definition) is 1. The first-order valence-corrected chi connectivity index (χ1v) is 15.5. The van der Waals surface area contributed by atoms with E-state index in [2.05, 4.69) is 11.8 Å². The Hall–Kier alpha value is -3.27. The zero-order valence-electron chi connectivity index (χ0n) is 22.4. The van der Waals surface area contributed by atoms with Crippen molar-refractivity contribution in [3.63, 3.8) is 0 Å². The van der Waals surface area contributed by atoms with Gasteiger partial charge in [0.15, 0.2) is 0 Å². The Morgan fingerprint density at radius 3 is 2.40 bits per heavy atom. The summed E-state index contributed by atoms with van der Waals surface area (Å²) in [6, 6.07) is 18.1. The van der Waals surface area contributed by atoms with E-state index in [1.54, 1.807) is 19.9 Å². The first-order valence-electron chi connectivity index (χ1n) is 12.7. The Morgan fingerprint density at radius 1 is 1.07 bits per heavy atom. The van der Waals surface area contributed by atoms with Crippen LogP contribution in [0.5, 0.6) is 5.75 Å². The molecule has 1 aliphatic rings. The quantitative estimate of drug-likeness (QED) is 0.445. The third-order valence-corrected chi connectivity index (χ3v) is 10.6. The Morgan fingerprint density at radius 2 is 1.73 bits per heavy atom. The molecule has 0 aromatic heterocycles. The molecular formula is C29H31FN2O6S2. The maximum atomic E-state index is 14.4. The number of benzene rings is 3. The van der Waals surface area contributed by atoms with Gasteiger partial charge >= 0.3 is 0 Å². The number of sulfonamides is 2. The molecule has 0 fully saturated rings. The van der Waals surface area contributed by atoms with E-state index in [4.69, 9.17) is 4.74 Å². The van der Waals surface area contributed by atoms with Crippen LogP contribution in [0.2, 0.25) is 0 Å². The van der Waals surface area contributed by atoms with Gasteiger partial charge in [-0.05, 0) is 49.4 Å². The van der Waals surface area contributed by atoms with E-state index in [-0.39, 0.29) is 23.7 Å². The number of hydrogen-bond acceptors (Lipinski definition) is 6. The van der Waals surface area contributed by atoms with E-state index < -0.39 is 55.4 Å². The highest BCUT2D eigenvalue weighted by Crippen LogP contribution is 2.34. The van der Waals surface area contributed by atoms with Crippen molar-refractivity contribution in [1.82, 2.24) is 8.61 Å². The van der Waals surface area contributed by atoms with Crippen molar-refractivity contribution >= 4 is 20.0 Å². The van der Waals surface area contributed by atoms with E-state index in [0.717, 1.165) is 15.9 Å². The average molecular weight is 587 g/mol. The van der Waals surface area contributed by atoms with E-state index in [9.17, 15) is 26.3 Å². The number of rotatable bonds is 6. The molecule has 3 aromatic carbocycles. The van der Waals surface area contributed by atoms with Crippen molar-refractivity contribution in [2.24, 2.45) is 5.92 Å². The predicted molar refractivity (Wildman–Crippen MR) is 149 cm³/mol. The van der Waals surface area contributed by atoms with Gasteiger partial charge in [-0.2, -0.15) is 8.61 Å². The van der Waals surface area contributed by atoms with Crippen LogP contribution in [0.1, 0.15) is 25.0 Å². The highest BCUT2D eigenvalue weighted by atomic mass is 32.2. The van der Waals surface area contributed by atoms with Crippen LogP contribution in [0.25, 0.3) is 0 Å². The van der Waals surface area contributed by atoms with Gasteiger partial charge in [0.2, 0.25) is 20.0 Å².